The number of anilines is 1. The fourth-order valence-corrected chi connectivity index (χ4v) is 2.39. The van der Waals surface area contributed by atoms with Gasteiger partial charge in [0.15, 0.2) is 0 Å². The van der Waals surface area contributed by atoms with Crippen molar-refractivity contribution in [3.8, 4) is 0 Å². The van der Waals surface area contributed by atoms with Crippen LogP contribution in [0.3, 0.4) is 0 Å². The quantitative estimate of drug-likeness (QED) is 0.795. The second kappa shape index (κ2) is 6.92. The third kappa shape index (κ3) is 4.84. The third-order valence-corrected chi connectivity index (χ3v) is 3.21. The van der Waals surface area contributed by atoms with Gasteiger partial charge >= 0.3 is 0 Å². The van der Waals surface area contributed by atoms with Crippen molar-refractivity contribution < 1.29 is 5.11 Å². The van der Waals surface area contributed by atoms with Crippen molar-refractivity contribution in [1.82, 2.24) is 5.32 Å². The van der Waals surface area contributed by atoms with Gasteiger partial charge in [-0.1, -0.05) is 25.1 Å². The second-order valence-electron chi connectivity index (χ2n) is 5.66. The predicted molar refractivity (Wildman–Crippen MR) is 82.7 cm³/mol. The topological polar surface area (TPSA) is 35.5 Å². The molecule has 3 nitrogen and oxygen atoms in total. The molecule has 0 aliphatic carbocycles. The van der Waals surface area contributed by atoms with Crippen molar-refractivity contribution in [1.29, 1.82) is 0 Å². The number of nitrogens with zero attached hydrogens (tertiary/aromatic N) is 1. The van der Waals surface area contributed by atoms with E-state index in [1.807, 2.05) is 13.8 Å². The molecule has 0 radical (unpaired) electrons. The first-order valence-corrected chi connectivity index (χ1v) is 7.18. The van der Waals surface area contributed by atoms with E-state index in [1.165, 1.54) is 11.3 Å². The lowest BCUT2D eigenvalue weighted by atomic mass is 10.0. The van der Waals surface area contributed by atoms with Crippen molar-refractivity contribution in [3.05, 3.63) is 29.8 Å². The molecule has 0 fully saturated rings. The Hall–Kier alpha value is -1.06. The number of nitrogens with one attached hydrogen (secondary N) is 1. The average Bonchev–Trinajstić information content (AvgIpc) is 2.35. The highest BCUT2D eigenvalue weighted by Crippen LogP contribution is 2.27. The Balaban J connectivity index is 3.03. The van der Waals surface area contributed by atoms with Crippen LogP contribution >= 0.6 is 0 Å². The highest BCUT2D eigenvalue weighted by atomic mass is 16.3. The number of likely N-dealkylation sites (N-methyl/N-ethyl adjacent to an activating group) is 1. The van der Waals surface area contributed by atoms with Crippen LogP contribution in [0.4, 0.5) is 5.69 Å². The molecule has 1 rings (SSSR count). The van der Waals surface area contributed by atoms with Gasteiger partial charge in [0.05, 0.1) is 5.60 Å². The fraction of sp³-hybridized carbons (Fsp3) is 0.625. The van der Waals surface area contributed by atoms with Gasteiger partial charge in [-0.25, -0.2) is 0 Å². The summed E-state index contributed by atoms with van der Waals surface area (Å²) in [6.07, 6.45) is 0. The molecule has 0 aliphatic heterocycles. The molecular formula is C16H28N2O. The predicted octanol–water partition coefficient (Wildman–Crippen LogP) is 2.95. The van der Waals surface area contributed by atoms with E-state index in [9.17, 15) is 5.11 Å². The molecule has 19 heavy (non-hydrogen) atoms. The van der Waals surface area contributed by atoms with Crippen LogP contribution in [0.1, 0.15) is 46.2 Å². The summed E-state index contributed by atoms with van der Waals surface area (Å²) in [5.74, 6) is 0. The van der Waals surface area contributed by atoms with Gasteiger partial charge in [-0.15, -0.1) is 0 Å². The standard InChI is InChI=1S/C16H28N2O/c1-6-17-13(3)14-10-8-9-11-15(14)18(7-2)12-16(4,5)19/h8-11,13,17,19H,6-7,12H2,1-5H3. The van der Waals surface area contributed by atoms with Crippen LogP contribution in [0.5, 0.6) is 0 Å². The molecule has 2 N–H and O–H groups in total. The lowest BCUT2D eigenvalue weighted by Gasteiger charge is -2.32. The van der Waals surface area contributed by atoms with Crippen molar-refractivity contribution in [2.75, 3.05) is 24.5 Å². The van der Waals surface area contributed by atoms with E-state index in [1.54, 1.807) is 0 Å². The fourth-order valence-electron chi connectivity index (χ4n) is 2.39. The first-order valence-electron chi connectivity index (χ1n) is 7.18. The zero-order chi connectivity index (χ0) is 14.5. The first-order chi connectivity index (χ1) is 8.89. The molecule has 108 valence electrons. The minimum absolute atomic E-state index is 0.317. The maximum atomic E-state index is 10.1. The smallest absolute Gasteiger partial charge is 0.0765 e. The average molecular weight is 264 g/mol. The number of benzene rings is 1. The van der Waals surface area contributed by atoms with Gasteiger partial charge in [0, 0.05) is 24.8 Å². The zero-order valence-corrected chi connectivity index (χ0v) is 12.9. The van der Waals surface area contributed by atoms with Crippen LogP contribution in [-0.4, -0.2) is 30.3 Å². The molecule has 0 spiro atoms. The third-order valence-electron chi connectivity index (χ3n) is 3.21. The summed E-state index contributed by atoms with van der Waals surface area (Å²) >= 11 is 0. The van der Waals surface area contributed by atoms with Crippen LogP contribution in [0, 0.1) is 0 Å². The van der Waals surface area contributed by atoms with E-state index in [0.717, 1.165) is 13.1 Å². The summed E-state index contributed by atoms with van der Waals surface area (Å²) in [6, 6.07) is 8.75. The lowest BCUT2D eigenvalue weighted by molar-refractivity contribution is 0.0875. The maximum absolute atomic E-state index is 10.1. The summed E-state index contributed by atoms with van der Waals surface area (Å²) in [7, 11) is 0. The summed E-state index contributed by atoms with van der Waals surface area (Å²) in [5, 5.41) is 13.5. The molecular weight excluding hydrogens is 236 g/mol. The van der Waals surface area contributed by atoms with Crippen molar-refractivity contribution >= 4 is 5.69 Å². The second-order valence-corrected chi connectivity index (χ2v) is 5.66. The lowest BCUT2D eigenvalue weighted by Crippen LogP contribution is -2.39. The maximum Gasteiger partial charge on any atom is 0.0765 e. The van der Waals surface area contributed by atoms with Gasteiger partial charge in [0.2, 0.25) is 0 Å². The molecule has 1 aromatic rings. The van der Waals surface area contributed by atoms with Gasteiger partial charge in [-0.3, -0.25) is 0 Å². The molecule has 1 aromatic carbocycles. The number of rotatable bonds is 7. The van der Waals surface area contributed by atoms with E-state index >= 15 is 0 Å². The summed E-state index contributed by atoms with van der Waals surface area (Å²) < 4.78 is 0. The van der Waals surface area contributed by atoms with E-state index in [2.05, 4.69) is 55.3 Å². The number of para-hydroxylation sites is 1. The first kappa shape index (κ1) is 16.0. The minimum atomic E-state index is -0.690. The van der Waals surface area contributed by atoms with Crippen LogP contribution in [-0.2, 0) is 0 Å². The Morgan fingerprint density at radius 2 is 1.89 bits per heavy atom. The molecule has 0 bridgehead atoms. The van der Waals surface area contributed by atoms with Gasteiger partial charge in [-0.2, -0.15) is 0 Å². The summed E-state index contributed by atoms with van der Waals surface area (Å²) in [6.45, 7) is 12.6. The van der Waals surface area contributed by atoms with Crippen molar-refractivity contribution in [2.24, 2.45) is 0 Å². The van der Waals surface area contributed by atoms with Gasteiger partial charge in [0.1, 0.15) is 0 Å². The number of hydrogen-bond acceptors (Lipinski definition) is 3. The van der Waals surface area contributed by atoms with Gasteiger partial charge in [-0.05, 0) is 45.9 Å². The molecule has 1 unspecified atom stereocenters. The molecule has 0 saturated heterocycles. The molecule has 0 aromatic heterocycles. The highest BCUT2D eigenvalue weighted by Gasteiger charge is 2.20. The number of aliphatic hydroxyl groups is 1. The zero-order valence-electron chi connectivity index (χ0n) is 12.9. The molecule has 3 heteroatoms. The van der Waals surface area contributed by atoms with Gasteiger partial charge in [0.25, 0.3) is 0 Å². The van der Waals surface area contributed by atoms with E-state index in [-0.39, 0.29) is 0 Å². The van der Waals surface area contributed by atoms with Gasteiger partial charge < -0.3 is 15.3 Å². The minimum Gasteiger partial charge on any atom is -0.389 e. The van der Waals surface area contributed by atoms with Crippen LogP contribution in [0.25, 0.3) is 0 Å². The summed E-state index contributed by atoms with van der Waals surface area (Å²) in [5.41, 5.74) is 1.81. The SMILES string of the molecule is CCNC(C)c1ccccc1N(CC)CC(C)(C)O. The molecule has 1 atom stereocenters. The Bertz CT molecular complexity index is 385. The monoisotopic (exact) mass is 264 g/mol. The van der Waals surface area contributed by atoms with Crippen LogP contribution in [0.15, 0.2) is 24.3 Å². The normalized spacial score (nSPS) is 13.4. The Morgan fingerprint density at radius 1 is 1.26 bits per heavy atom. The van der Waals surface area contributed by atoms with Crippen LogP contribution in [0.2, 0.25) is 0 Å². The summed E-state index contributed by atoms with van der Waals surface area (Å²) in [4.78, 5) is 2.24. The largest absolute Gasteiger partial charge is 0.389 e. The van der Waals surface area contributed by atoms with E-state index in [0.29, 0.717) is 12.6 Å². The Kier molecular flexibility index (Phi) is 5.83. The highest BCUT2D eigenvalue weighted by molar-refractivity contribution is 5.55. The Labute approximate surface area is 117 Å². The van der Waals surface area contributed by atoms with E-state index in [4.69, 9.17) is 0 Å². The molecule has 0 aliphatic rings. The van der Waals surface area contributed by atoms with Crippen molar-refractivity contribution in [3.63, 3.8) is 0 Å². The van der Waals surface area contributed by atoms with E-state index < -0.39 is 5.60 Å². The Morgan fingerprint density at radius 3 is 2.42 bits per heavy atom. The molecule has 0 heterocycles. The van der Waals surface area contributed by atoms with Crippen molar-refractivity contribution in [2.45, 2.75) is 46.3 Å². The molecule has 0 amide bonds. The van der Waals surface area contributed by atoms with Crippen LogP contribution < -0.4 is 10.2 Å². The molecule has 0 saturated carbocycles. The number of hydrogen-bond donors (Lipinski definition) is 2.